The molecule has 0 aliphatic heterocycles. The molecule has 0 aliphatic carbocycles. The molecule has 0 aromatic rings. The molecule has 370 valence electrons. The van der Waals surface area contributed by atoms with Crippen LogP contribution in [0.15, 0.2) is 72.9 Å². The fourth-order valence-electron chi connectivity index (χ4n) is 8.02. The second-order valence-corrected chi connectivity index (χ2v) is 18.4. The predicted molar refractivity (Wildman–Crippen MR) is 278 cm³/mol. The number of allylic oxidation sites excluding steroid dienone is 12. The summed E-state index contributed by atoms with van der Waals surface area (Å²) in [5.74, 6) is -0.516. The molecule has 0 aromatic heterocycles. The van der Waals surface area contributed by atoms with Crippen molar-refractivity contribution in [2.75, 3.05) is 6.61 Å². The van der Waals surface area contributed by atoms with Crippen molar-refractivity contribution >= 4 is 11.9 Å². The molecular formula is C58H103NO5. The predicted octanol–water partition coefficient (Wildman–Crippen LogP) is 16.6. The van der Waals surface area contributed by atoms with Gasteiger partial charge in [-0.05, 0) is 70.6 Å². The maximum absolute atomic E-state index is 13.2. The Bertz CT molecular complexity index is 1190. The van der Waals surface area contributed by atoms with Gasteiger partial charge in [-0.2, -0.15) is 0 Å². The van der Waals surface area contributed by atoms with E-state index in [-0.39, 0.29) is 24.9 Å². The lowest BCUT2D eigenvalue weighted by atomic mass is 10.0. The Morgan fingerprint density at radius 1 is 0.469 bits per heavy atom. The van der Waals surface area contributed by atoms with E-state index < -0.39 is 18.2 Å². The first-order valence-electron chi connectivity index (χ1n) is 27.2. The topological polar surface area (TPSA) is 95.9 Å². The van der Waals surface area contributed by atoms with Gasteiger partial charge in [-0.15, -0.1) is 0 Å². The summed E-state index contributed by atoms with van der Waals surface area (Å²) >= 11 is 0. The highest BCUT2D eigenvalue weighted by atomic mass is 16.5. The molecule has 3 atom stereocenters. The van der Waals surface area contributed by atoms with Crippen molar-refractivity contribution in [1.82, 2.24) is 5.32 Å². The van der Waals surface area contributed by atoms with Crippen LogP contribution in [0.5, 0.6) is 0 Å². The standard InChI is InChI=1S/C58H103NO5/c1-4-7-10-13-16-19-22-25-27-28-29-30-33-36-39-42-45-48-51-58(63)64-54(49-46-43-40-37-34-31-24-21-18-15-12-9-6-3)52-57(62)59-55(53-60)56(61)50-47-44-41-38-35-32-26-23-20-17-14-11-8-5-2/h9,12,15,18,21-22,24-25,27-30,54-56,60-61H,4-8,10-11,13-14,16-17,19-20,23,26,31-53H2,1-3H3,(H,59,62)/b12-9+,18-15+,24-21+,25-22+,28-27+,30-29+. The quantitative estimate of drug-likeness (QED) is 0.0321. The largest absolute Gasteiger partial charge is 0.462 e. The highest BCUT2D eigenvalue weighted by Gasteiger charge is 2.24. The summed E-state index contributed by atoms with van der Waals surface area (Å²) in [4.78, 5) is 26.2. The van der Waals surface area contributed by atoms with E-state index in [0.717, 1.165) is 103 Å². The number of aliphatic hydroxyl groups is 2. The Balaban J connectivity index is 4.61. The van der Waals surface area contributed by atoms with Crippen LogP contribution in [0.3, 0.4) is 0 Å². The number of aliphatic hydroxyl groups excluding tert-OH is 2. The number of hydrogen-bond donors (Lipinski definition) is 3. The Morgan fingerprint density at radius 2 is 0.844 bits per heavy atom. The molecule has 1 amide bonds. The monoisotopic (exact) mass is 894 g/mol. The zero-order valence-electron chi connectivity index (χ0n) is 42.1. The summed E-state index contributed by atoms with van der Waals surface area (Å²) in [6, 6.07) is -0.716. The van der Waals surface area contributed by atoms with Crippen LogP contribution in [0.25, 0.3) is 0 Å². The molecule has 0 aromatic carbocycles. The van der Waals surface area contributed by atoms with Crippen molar-refractivity contribution in [2.45, 2.75) is 277 Å². The summed E-state index contributed by atoms with van der Waals surface area (Å²) in [7, 11) is 0. The van der Waals surface area contributed by atoms with Gasteiger partial charge in [0.05, 0.1) is 25.2 Å². The molecule has 0 saturated heterocycles. The molecule has 0 heterocycles. The van der Waals surface area contributed by atoms with Gasteiger partial charge >= 0.3 is 5.97 Å². The minimum atomic E-state index is -0.800. The van der Waals surface area contributed by atoms with Crippen LogP contribution in [0.2, 0.25) is 0 Å². The third-order valence-corrected chi connectivity index (χ3v) is 12.1. The molecule has 0 radical (unpaired) electrons. The highest BCUT2D eigenvalue weighted by molar-refractivity contribution is 5.77. The number of carbonyl (C=O) groups excluding carboxylic acids is 2. The number of ether oxygens (including phenoxy) is 1. The van der Waals surface area contributed by atoms with E-state index in [2.05, 4.69) is 99.0 Å². The average molecular weight is 894 g/mol. The third-order valence-electron chi connectivity index (χ3n) is 12.1. The van der Waals surface area contributed by atoms with Gasteiger partial charge in [0, 0.05) is 6.42 Å². The molecule has 0 bridgehead atoms. The maximum atomic E-state index is 13.2. The molecular weight excluding hydrogens is 791 g/mol. The second-order valence-electron chi connectivity index (χ2n) is 18.4. The summed E-state index contributed by atoms with van der Waals surface area (Å²) in [5.41, 5.74) is 0. The van der Waals surface area contributed by atoms with E-state index >= 15 is 0 Å². The lowest BCUT2D eigenvalue weighted by Crippen LogP contribution is -2.46. The van der Waals surface area contributed by atoms with E-state index in [1.54, 1.807) is 0 Å². The Hall–Kier alpha value is -2.70. The van der Waals surface area contributed by atoms with E-state index in [1.165, 1.54) is 109 Å². The van der Waals surface area contributed by atoms with Crippen LogP contribution in [-0.2, 0) is 14.3 Å². The fraction of sp³-hybridized carbons (Fsp3) is 0.759. The van der Waals surface area contributed by atoms with Crippen molar-refractivity contribution in [2.24, 2.45) is 0 Å². The molecule has 6 heteroatoms. The molecule has 3 N–H and O–H groups in total. The van der Waals surface area contributed by atoms with Crippen LogP contribution in [0.4, 0.5) is 0 Å². The van der Waals surface area contributed by atoms with Gasteiger partial charge in [0.25, 0.3) is 0 Å². The van der Waals surface area contributed by atoms with Crippen LogP contribution in [-0.4, -0.2) is 46.9 Å². The highest BCUT2D eigenvalue weighted by Crippen LogP contribution is 2.18. The van der Waals surface area contributed by atoms with E-state index in [4.69, 9.17) is 4.74 Å². The van der Waals surface area contributed by atoms with Crippen molar-refractivity contribution in [3.8, 4) is 0 Å². The van der Waals surface area contributed by atoms with Crippen LogP contribution in [0, 0.1) is 0 Å². The van der Waals surface area contributed by atoms with Crippen LogP contribution < -0.4 is 5.32 Å². The zero-order chi connectivity index (χ0) is 46.7. The summed E-state index contributed by atoms with van der Waals surface area (Å²) < 4.78 is 5.93. The van der Waals surface area contributed by atoms with E-state index in [9.17, 15) is 19.8 Å². The summed E-state index contributed by atoms with van der Waals surface area (Å²) in [5, 5.41) is 23.8. The van der Waals surface area contributed by atoms with Crippen molar-refractivity contribution in [1.29, 1.82) is 0 Å². The third kappa shape index (κ3) is 45.9. The van der Waals surface area contributed by atoms with Crippen molar-refractivity contribution in [3.63, 3.8) is 0 Å². The number of esters is 1. The first-order valence-corrected chi connectivity index (χ1v) is 27.2. The Labute approximate surface area is 396 Å². The zero-order valence-corrected chi connectivity index (χ0v) is 42.1. The van der Waals surface area contributed by atoms with Gasteiger partial charge in [0.2, 0.25) is 5.91 Å². The summed E-state index contributed by atoms with van der Waals surface area (Å²) in [6.45, 7) is 6.34. The second kappa shape index (κ2) is 51.3. The molecule has 3 unspecified atom stereocenters. The van der Waals surface area contributed by atoms with Crippen LogP contribution >= 0.6 is 0 Å². The SMILES string of the molecule is CC/C=C/C=C/C=C/CCCCCCCC(CC(=O)NC(CO)C(O)CCCCCCCCCCCCCCCC)OC(=O)CCCCCCC/C=C/C=C/C=C/CCCCCCC. The minimum absolute atomic E-state index is 0.0533. The van der Waals surface area contributed by atoms with Crippen molar-refractivity contribution in [3.05, 3.63) is 72.9 Å². The lowest BCUT2D eigenvalue weighted by molar-refractivity contribution is -0.151. The average Bonchev–Trinajstić information content (AvgIpc) is 3.29. The minimum Gasteiger partial charge on any atom is -0.462 e. The van der Waals surface area contributed by atoms with E-state index in [0.29, 0.717) is 19.3 Å². The number of amides is 1. The van der Waals surface area contributed by atoms with Gasteiger partial charge in [0.15, 0.2) is 0 Å². The number of nitrogens with one attached hydrogen (secondary N) is 1. The first kappa shape index (κ1) is 61.3. The fourth-order valence-corrected chi connectivity index (χ4v) is 8.02. The Kier molecular flexibility index (Phi) is 49.1. The number of unbranched alkanes of at least 4 members (excludes halogenated alkanes) is 28. The molecule has 0 saturated carbocycles. The molecule has 6 nitrogen and oxygen atoms in total. The van der Waals surface area contributed by atoms with Gasteiger partial charge in [-0.3, -0.25) is 9.59 Å². The number of rotatable bonds is 48. The van der Waals surface area contributed by atoms with Gasteiger partial charge in [0.1, 0.15) is 6.10 Å². The Morgan fingerprint density at radius 3 is 1.27 bits per heavy atom. The van der Waals surface area contributed by atoms with Gasteiger partial charge in [-0.1, -0.05) is 248 Å². The van der Waals surface area contributed by atoms with E-state index in [1.807, 2.05) is 0 Å². The van der Waals surface area contributed by atoms with Gasteiger partial charge < -0.3 is 20.3 Å². The normalized spacial score (nSPS) is 13.8. The lowest BCUT2D eigenvalue weighted by Gasteiger charge is -2.24. The number of hydrogen-bond acceptors (Lipinski definition) is 5. The summed E-state index contributed by atoms with van der Waals surface area (Å²) in [6.07, 6.45) is 65.3. The molecule has 0 fully saturated rings. The molecule has 0 aliphatic rings. The molecule has 0 rings (SSSR count). The van der Waals surface area contributed by atoms with Gasteiger partial charge in [-0.25, -0.2) is 0 Å². The first-order chi connectivity index (χ1) is 31.5. The molecule has 0 spiro atoms. The van der Waals surface area contributed by atoms with Crippen molar-refractivity contribution < 1.29 is 24.5 Å². The smallest absolute Gasteiger partial charge is 0.306 e. The maximum Gasteiger partial charge on any atom is 0.306 e. The molecule has 64 heavy (non-hydrogen) atoms. The number of carbonyl (C=O) groups is 2. The van der Waals surface area contributed by atoms with Crippen LogP contribution in [0.1, 0.15) is 258 Å².